The van der Waals surface area contributed by atoms with E-state index in [0.29, 0.717) is 12.1 Å². The third kappa shape index (κ3) is 7.23. The lowest BCUT2D eigenvalue weighted by Crippen LogP contribution is -2.11. The van der Waals surface area contributed by atoms with Gasteiger partial charge in [0, 0.05) is 5.56 Å². The summed E-state index contributed by atoms with van der Waals surface area (Å²) in [6.07, 6.45) is -7.44. The van der Waals surface area contributed by atoms with E-state index in [1.807, 2.05) is 60.7 Å². The van der Waals surface area contributed by atoms with Gasteiger partial charge in [0.15, 0.2) is 5.76 Å². The molecule has 2 heterocycles. The molecular weight excluding hydrogens is 580 g/mol. The predicted molar refractivity (Wildman–Crippen MR) is 139 cm³/mol. The fourth-order valence-electron chi connectivity index (χ4n) is 4.05. The highest BCUT2D eigenvalue weighted by Crippen LogP contribution is 2.38. The Morgan fingerprint density at radius 1 is 0.767 bits per heavy atom. The van der Waals surface area contributed by atoms with Crippen molar-refractivity contribution in [2.45, 2.75) is 32.1 Å². The molecule has 0 saturated carbocycles. The summed E-state index contributed by atoms with van der Waals surface area (Å²) in [4.78, 5) is 12.7. The van der Waals surface area contributed by atoms with Crippen LogP contribution in [-0.4, -0.2) is 21.0 Å². The lowest BCUT2D eigenvalue weighted by Gasteiger charge is -2.13. The number of hydrogen-bond acceptors (Lipinski definition) is 6. The molecule has 0 bridgehead atoms. The van der Waals surface area contributed by atoms with Crippen molar-refractivity contribution >= 4 is 5.97 Å². The zero-order valence-electron chi connectivity index (χ0n) is 22.0. The van der Waals surface area contributed by atoms with Crippen LogP contribution in [0.15, 0.2) is 108 Å². The zero-order valence-corrected chi connectivity index (χ0v) is 22.0. The molecule has 43 heavy (non-hydrogen) atoms. The van der Waals surface area contributed by atoms with Crippen molar-refractivity contribution in [3.05, 3.63) is 131 Å². The van der Waals surface area contributed by atoms with Crippen LogP contribution in [0.3, 0.4) is 0 Å². The number of nitrogens with zero attached hydrogens (tertiary/aromatic N) is 3. The summed E-state index contributed by atoms with van der Waals surface area (Å²) in [5.41, 5.74) is -1.99. The van der Waals surface area contributed by atoms with E-state index in [4.69, 9.17) is 14.2 Å². The van der Waals surface area contributed by atoms with E-state index in [0.717, 1.165) is 15.8 Å². The molecule has 1 aromatic heterocycles. The number of allylic oxidation sites excluding steroid dienone is 1. The first-order valence-corrected chi connectivity index (χ1v) is 12.7. The average molecular weight is 602 g/mol. The Bertz CT molecular complexity index is 1630. The number of benzene rings is 3. The number of ether oxygens (including phenoxy) is 3. The molecule has 222 valence electrons. The second-order valence-electron chi connectivity index (χ2n) is 9.29. The molecule has 0 unspecified atom stereocenters. The summed E-state index contributed by atoms with van der Waals surface area (Å²) < 4.78 is 97.9. The van der Waals surface area contributed by atoms with E-state index in [1.165, 1.54) is 12.3 Å². The molecule has 0 saturated heterocycles. The second kappa shape index (κ2) is 12.0. The number of esters is 1. The number of carbonyl (C=O) groups excluding carboxylic acids is 1. The van der Waals surface area contributed by atoms with Gasteiger partial charge in [0.1, 0.15) is 18.9 Å². The van der Waals surface area contributed by atoms with Crippen molar-refractivity contribution in [3.63, 3.8) is 0 Å². The van der Waals surface area contributed by atoms with Crippen molar-refractivity contribution in [1.82, 2.24) is 15.0 Å². The second-order valence-corrected chi connectivity index (χ2v) is 9.29. The molecule has 0 fully saturated rings. The van der Waals surface area contributed by atoms with Gasteiger partial charge in [-0.05, 0) is 35.4 Å². The number of hydrogen-bond donors (Lipinski definition) is 0. The highest BCUT2D eigenvalue weighted by molar-refractivity contribution is 5.91. The fourth-order valence-corrected chi connectivity index (χ4v) is 4.05. The van der Waals surface area contributed by atoms with Crippen molar-refractivity contribution in [2.75, 3.05) is 0 Å². The minimum atomic E-state index is -5.01. The molecule has 0 radical (unpaired) electrons. The maximum Gasteiger partial charge on any atom is 0.416 e. The van der Waals surface area contributed by atoms with Crippen LogP contribution in [0.25, 0.3) is 11.3 Å². The zero-order chi connectivity index (χ0) is 30.6. The minimum absolute atomic E-state index is 0.000491. The van der Waals surface area contributed by atoms with E-state index >= 15 is 0 Å². The summed E-state index contributed by atoms with van der Waals surface area (Å²) in [6.45, 7) is 0.0118. The van der Waals surface area contributed by atoms with Gasteiger partial charge in [-0.25, -0.2) is 9.48 Å². The van der Waals surface area contributed by atoms with Gasteiger partial charge < -0.3 is 14.2 Å². The number of halogens is 6. The third-order valence-corrected chi connectivity index (χ3v) is 6.16. The van der Waals surface area contributed by atoms with Gasteiger partial charge in [0.05, 0.1) is 23.9 Å². The van der Waals surface area contributed by atoms with Crippen molar-refractivity contribution in [1.29, 1.82) is 0 Å². The van der Waals surface area contributed by atoms with Gasteiger partial charge in [-0.3, -0.25) is 0 Å². The topological polar surface area (TPSA) is 75.5 Å². The van der Waals surface area contributed by atoms with Gasteiger partial charge in [0.25, 0.3) is 5.76 Å². The molecule has 0 N–H and O–H groups in total. The third-order valence-electron chi connectivity index (χ3n) is 6.16. The Kier molecular flexibility index (Phi) is 8.24. The molecule has 0 spiro atoms. The Morgan fingerprint density at radius 3 is 1.84 bits per heavy atom. The standard InChI is InChI=1S/C30H21F6N3O4/c31-29(32,33)22-13-21(14-23(15-22)30(34,35)36)24-16-39(38-37-24)12-11-25-26(41-17-19-7-3-1-4-8-19)27(28(40)43-25)42-18-20-9-5-2-6-10-20/h1-11,13-16H,12,17-18H2/b25-11-. The SMILES string of the molecule is O=C1O/C(=C\Cn2cc(-c3cc(C(F)(F)F)cc(C(F)(F)F)c3)nn2)C(OCc2ccccc2)=C1OCc1ccccc1. The molecule has 5 rings (SSSR count). The summed E-state index contributed by atoms with van der Waals surface area (Å²) in [5, 5.41) is 7.54. The first-order chi connectivity index (χ1) is 20.5. The van der Waals surface area contributed by atoms with Crippen LogP contribution in [0.1, 0.15) is 22.3 Å². The van der Waals surface area contributed by atoms with E-state index in [2.05, 4.69) is 10.3 Å². The molecule has 1 aliphatic rings. The molecule has 0 amide bonds. The Hall–Kier alpha value is -5.07. The van der Waals surface area contributed by atoms with Crippen molar-refractivity contribution in [2.24, 2.45) is 0 Å². The summed E-state index contributed by atoms with van der Waals surface area (Å²) in [7, 11) is 0. The van der Waals surface area contributed by atoms with Crippen LogP contribution in [0.2, 0.25) is 0 Å². The van der Waals surface area contributed by atoms with E-state index < -0.39 is 35.0 Å². The largest absolute Gasteiger partial charge is 0.481 e. The maximum absolute atomic E-state index is 13.3. The van der Waals surface area contributed by atoms with Crippen LogP contribution in [-0.2, 0) is 51.1 Å². The first-order valence-electron chi connectivity index (χ1n) is 12.7. The molecule has 7 nitrogen and oxygen atoms in total. The van der Waals surface area contributed by atoms with Crippen LogP contribution in [0, 0.1) is 0 Å². The molecule has 3 aromatic carbocycles. The van der Waals surface area contributed by atoms with Crippen LogP contribution in [0.5, 0.6) is 0 Å². The number of rotatable bonds is 9. The molecule has 13 heteroatoms. The fraction of sp³-hybridized carbons (Fsp3) is 0.167. The van der Waals surface area contributed by atoms with Gasteiger partial charge in [-0.2, -0.15) is 26.3 Å². The lowest BCUT2D eigenvalue weighted by molar-refractivity contribution is -0.143. The maximum atomic E-state index is 13.3. The molecule has 4 aromatic rings. The van der Waals surface area contributed by atoms with Gasteiger partial charge >= 0.3 is 18.3 Å². The normalized spacial score (nSPS) is 14.7. The summed E-state index contributed by atoms with van der Waals surface area (Å²) in [6, 6.07) is 19.4. The smallest absolute Gasteiger partial charge is 0.416 e. The Labute approximate surface area is 240 Å². The highest BCUT2D eigenvalue weighted by Gasteiger charge is 2.37. The lowest BCUT2D eigenvalue weighted by atomic mass is 10.0. The minimum Gasteiger partial charge on any atom is -0.481 e. The van der Waals surface area contributed by atoms with Crippen LogP contribution < -0.4 is 0 Å². The Morgan fingerprint density at radius 2 is 1.30 bits per heavy atom. The molecular formula is C30H21F6N3O4. The number of aromatic nitrogens is 3. The number of alkyl halides is 6. The van der Waals surface area contributed by atoms with Crippen molar-refractivity contribution < 1.29 is 45.3 Å². The van der Waals surface area contributed by atoms with Crippen molar-refractivity contribution in [3.8, 4) is 11.3 Å². The van der Waals surface area contributed by atoms with Crippen LogP contribution in [0.4, 0.5) is 26.3 Å². The highest BCUT2D eigenvalue weighted by atomic mass is 19.4. The summed E-state index contributed by atoms with van der Waals surface area (Å²) in [5.74, 6) is -0.931. The summed E-state index contributed by atoms with van der Waals surface area (Å²) >= 11 is 0. The van der Waals surface area contributed by atoms with Gasteiger partial charge in [-0.15, -0.1) is 5.10 Å². The molecule has 0 atom stereocenters. The number of carbonyl (C=O) groups is 1. The Balaban J connectivity index is 1.40. The number of cyclic esters (lactones) is 1. The first kappa shape index (κ1) is 29.4. The van der Waals surface area contributed by atoms with E-state index in [9.17, 15) is 31.1 Å². The predicted octanol–water partition coefficient (Wildman–Crippen LogP) is 7.07. The average Bonchev–Trinajstić information content (AvgIpc) is 3.57. The monoisotopic (exact) mass is 601 g/mol. The van der Waals surface area contributed by atoms with Crippen LogP contribution >= 0.6 is 0 Å². The van der Waals surface area contributed by atoms with Gasteiger partial charge in [-0.1, -0.05) is 65.9 Å². The van der Waals surface area contributed by atoms with E-state index in [-0.39, 0.29) is 48.8 Å². The molecule has 0 aliphatic carbocycles. The van der Waals surface area contributed by atoms with E-state index in [1.54, 1.807) is 0 Å². The molecule has 1 aliphatic heterocycles. The van der Waals surface area contributed by atoms with Gasteiger partial charge in [0.2, 0.25) is 5.76 Å². The quantitative estimate of drug-likeness (QED) is 0.151.